The van der Waals surface area contributed by atoms with Gasteiger partial charge in [0.25, 0.3) is 0 Å². The molecule has 0 saturated heterocycles. The summed E-state index contributed by atoms with van der Waals surface area (Å²) in [6, 6.07) is 18.0. The largest absolute Gasteiger partial charge is 0.497 e. The van der Waals surface area contributed by atoms with Gasteiger partial charge in [0.05, 0.1) is 13.3 Å². The first kappa shape index (κ1) is 17.0. The Kier molecular flexibility index (Phi) is 4.66. The van der Waals surface area contributed by atoms with Gasteiger partial charge in [0.15, 0.2) is 24.7 Å². The highest BCUT2D eigenvalue weighted by molar-refractivity contribution is 5.61. The molecule has 0 aliphatic heterocycles. The van der Waals surface area contributed by atoms with E-state index in [9.17, 15) is 4.39 Å². The Morgan fingerprint density at radius 2 is 1.78 bits per heavy atom. The van der Waals surface area contributed by atoms with Crippen LogP contribution in [-0.2, 0) is 6.54 Å². The maximum absolute atomic E-state index is 13.1. The number of pyridine rings is 1. The molecule has 134 valence electrons. The van der Waals surface area contributed by atoms with E-state index in [0.717, 1.165) is 22.4 Å². The first-order chi connectivity index (χ1) is 13.2. The molecule has 0 fully saturated rings. The van der Waals surface area contributed by atoms with Gasteiger partial charge < -0.3 is 9.15 Å². The molecule has 4 nitrogen and oxygen atoms in total. The molecule has 27 heavy (non-hydrogen) atoms. The minimum atomic E-state index is -0.233. The van der Waals surface area contributed by atoms with E-state index in [4.69, 9.17) is 9.15 Å². The summed E-state index contributed by atoms with van der Waals surface area (Å²) in [7, 11) is 1.64. The van der Waals surface area contributed by atoms with Crippen molar-refractivity contribution in [3.63, 3.8) is 0 Å². The number of rotatable bonds is 5. The van der Waals surface area contributed by atoms with E-state index in [2.05, 4.69) is 4.98 Å². The van der Waals surface area contributed by atoms with Gasteiger partial charge in [-0.2, -0.15) is 4.57 Å². The third-order valence-electron chi connectivity index (χ3n) is 4.26. The third kappa shape index (κ3) is 3.87. The number of ether oxygens (including phenoxy) is 1. The molecular weight excluding hydrogens is 343 g/mol. The molecule has 0 unspecified atom stereocenters. The predicted octanol–water partition coefficient (Wildman–Crippen LogP) is 4.49. The fourth-order valence-electron chi connectivity index (χ4n) is 2.84. The van der Waals surface area contributed by atoms with Gasteiger partial charge in [0, 0.05) is 17.2 Å². The number of halogens is 1. The van der Waals surface area contributed by atoms with Gasteiger partial charge >= 0.3 is 0 Å². The van der Waals surface area contributed by atoms with Gasteiger partial charge in [0.2, 0.25) is 5.89 Å². The van der Waals surface area contributed by atoms with Crippen LogP contribution in [0.2, 0.25) is 0 Å². The van der Waals surface area contributed by atoms with Gasteiger partial charge in [0.1, 0.15) is 17.1 Å². The SMILES string of the molecule is COc1ccc(-c2cnc(-c3ccc[n+](Cc4ccc(F)cc4)c3)o2)cc1. The van der Waals surface area contributed by atoms with Gasteiger partial charge in [-0.05, 0) is 54.6 Å². The molecule has 0 N–H and O–H groups in total. The van der Waals surface area contributed by atoms with Crippen LogP contribution in [0.15, 0.2) is 83.7 Å². The third-order valence-corrected chi connectivity index (χ3v) is 4.26. The van der Waals surface area contributed by atoms with Crippen LogP contribution in [0.1, 0.15) is 5.56 Å². The van der Waals surface area contributed by atoms with E-state index in [-0.39, 0.29) is 5.82 Å². The molecule has 5 heteroatoms. The van der Waals surface area contributed by atoms with Gasteiger partial charge in [-0.1, -0.05) is 0 Å². The number of hydrogen-bond acceptors (Lipinski definition) is 3. The summed E-state index contributed by atoms with van der Waals surface area (Å²) in [6.45, 7) is 0.639. The molecule has 0 radical (unpaired) electrons. The molecule has 0 spiro atoms. The normalized spacial score (nSPS) is 10.7. The second-order valence-electron chi connectivity index (χ2n) is 6.15. The van der Waals surface area contributed by atoms with E-state index in [1.165, 1.54) is 12.1 Å². The molecule has 0 aliphatic rings. The van der Waals surface area contributed by atoms with Gasteiger partial charge in [-0.25, -0.2) is 9.37 Å². The molecular formula is C22H18FN2O2+. The van der Waals surface area contributed by atoms with Crippen molar-refractivity contribution in [2.24, 2.45) is 0 Å². The van der Waals surface area contributed by atoms with Crippen LogP contribution in [0, 0.1) is 5.82 Å². The van der Waals surface area contributed by atoms with Crippen molar-refractivity contribution < 1.29 is 18.1 Å². The van der Waals surface area contributed by atoms with Crippen molar-refractivity contribution >= 4 is 0 Å². The van der Waals surface area contributed by atoms with E-state index in [0.29, 0.717) is 18.2 Å². The van der Waals surface area contributed by atoms with Crippen molar-refractivity contribution in [2.75, 3.05) is 7.11 Å². The summed E-state index contributed by atoms with van der Waals surface area (Å²) in [4.78, 5) is 4.40. The minimum absolute atomic E-state index is 0.233. The van der Waals surface area contributed by atoms with E-state index >= 15 is 0 Å². The van der Waals surface area contributed by atoms with Crippen molar-refractivity contribution in [3.8, 4) is 28.5 Å². The molecule has 0 atom stereocenters. The van der Waals surface area contributed by atoms with Crippen LogP contribution in [0.5, 0.6) is 5.75 Å². The Hall–Kier alpha value is -3.47. The monoisotopic (exact) mass is 361 g/mol. The Morgan fingerprint density at radius 3 is 2.52 bits per heavy atom. The van der Waals surface area contributed by atoms with E-state index in [1.54, 1.807) is 25.4 Å². The fraction of sp³-hybridized carbons (Fsp3) is 0.0909. The standard InChI is InChI=1S/C22H18FN2O2/c1-26-20-10-6-17(7-11-20)21-13-24-22(27-21)18-3-2-12-25(15-18)14-16-4-8-19(23)9-5-16/h2-13,15H,14H2,1H3/q+1. The zero-order chi connectivity index (χ0) is 18.6. The number of hydrogen-bond donors (Lipinski definition) is 0. The minimum Gasteiger partial charge on any atom is -0.497 e. The molecule has 0 bridgehead atoms. The highest BCUT2D eigenvalue weighted by atomic mass is 19.1. The summed E-state index contributed by atoms with van der Waals surface area (Å²) >= 11 is 0. The molecule has 4 aromatic rings. The van der Waals surface area contributed by atoms with Crippen molar-refractivity contribution in [1.82, 2.24) is 4.98 Å². The molecule has 4 rings (SSSR count). The molecule has 2 heterocycles. The van der Waals surface area contributed by atoms with Crippen LogP contribution in [0.25, 0.3) is 22.8 Å². The van der Waals surface area contributed by atoms with Gasteiger partial charge in [-0.3, -0.25) is 0 Å². The first-order valence-electron chi connectivity index (χ1n) is 8.55. The Morgan fingerprint density at radius 1 is 1.00 bits per heavy atom. The van der Waals surface area contributed by atoms with Crippen LogP contribution >= 0.6 is 0 Å². The fourth-order valence-corrected chi connectivity index (χ4v) is 2.84. The van der Waals surface area contributed by atoms with Crippen LogP contribution in [-0.4, -0.2) is 12.1 Å². The second kappa shape index (κ2) is 7.41. The highest BCUT2D eigenvalue weighted by Crippen LogP contribution is 2.26. The summed E-state index contributed by atoms with van der Waals surface area (Å²) < 4.78 is 26.2. The average molecular weight is 361 g/mol. The summed E-state index contributed by atoms with van der Waals surface area (Å²) in [6.07, 6.45) is 5.64. The number of nitrogens with zero attached hydrogens (tertiary/aromatic N) is 2. The first-order valence-corrected chi connectivity index (χ1v) is 8.55. The maximum atomic E-state index is 13.1. The zero-order valence-corrected chi connectivity index (χ0v) is 14.8. The lowest BCUT2D eigenvalue weighted by Crippen LogP contribution is -2.33. The van der Waals surface area contributed by atoms with Crippen LogP contribution < -0.4 is 9.30 Å². The lowest BCUT2D eigenvalue weighted by atomic mass is 10.2. The summed E-state index contributed by atoms with van der Waals surface area (Å²) in [5.41, 5.74) is 2.83. The summed E-state index contributed by atoms with van der Waals surface area (Å²) in [5.74, 6) is 1.81. The van der Waals surface area contributed by atoms with Crippen LogP contribution in [0.3, 0.4) is 0 Å². The second-order valence-corrected chi connectivity index (χ2v) is 6.15. The number of oxazole rings is 1. The Bertz CT molecular complexity index is 1040. The maximum Gasteiger partial charge on any atom is 0.232 e. The average Bonchev–Trinajstić information content (AvgIpc) is 3.20. The lowest BCUT2D eigenvalue weighted by Gasteiger charge is -2.01. The molecule has 2 aromatic carbocycles. The van der Waals surface area contributed by atoms with Crippen molar-refractivity contribution in [3.05, 3.63) is 90.6 Å². The quantitative estimate of drug-likeness (QED) is 0.492. The highest BCUT2D eigenvalue weighted by Gasteiger charge is 2.12. The number of methoxy groups -OCH3 is 1. The van der Waals surface area contributed by atoms with E-state index in [1.807, 2.05) is 53.4 Å². The van der Waals surface area contributed by atoms with E-state index < -0.39 is 0 Å². The summed E-state index contributed by atoms with van der Waals surface area (Å²) in [5, 5.41) is 0. The number of aromatic nitrogens is 2. The predicted molar refractivity (Wildman–Crippen MR) is 99.6 cm³/mol. The Balaban J connectivity index is 1.56. The molecule has 0 aliphatic carbocycles. The molecule has 2 aromatic heterocycles. The number of benzene rings is 2. The molecule has 0 amide bonds. The van der Waals surface area contributed by atoms with Gasteiger partial charge in [-0.15, -0.1) is 0 Å². The Labute approximate surface area is 156 Å². The van der Waals surface area contributed by atoms with Crippen molar-refractivity contribution in [2.45, 2.75) is 6.54 Å². The smallest absolute Gasteiger partial charge is 0.232 e. The molecule has 0 saturated carbocycles. The zero-order valence-electron chi connectivity index (χ0n) is 14.8. The van der Waals surface area contributed by atoms with Crippen LogP contribution in [0.4, 0.5) is 4.39 Å². The topological polar surface area (TPSA) is 39.1 Å². The van der Waals surface area contributed by atoms with Crippen molar-refractivity contribution in [1.29, 1.82) is 0 Å². The lowest BCUT2D eigenvalue weighted by molar-refractivity contribution is -0.687.